The van der Waals surface area contributed by atoms with Gasteiger partial charge in [-0.3, -0.25) is 14.5 Å². The number of carbonyl (C=O) groups is 3. The number of carbonyl (C=O) groups excluding carboxylic acids is 3. The SMILES string of the molecule is CC(C)(C)C1CCC2(CC1)NC(=O)N(CC(=O)Nc1ccccc1N)C2=O.Cl. The molecule has 4 N–H and O–H groups in total. The molecular formula is C20H29ClN4O3. The van der Waals surface area contributed by atoms with Gasteiger partial charge in [0.25, 0.3) is 5.91 Å². The van der Waals surface area contributed by atoms with Gasteiger partial charge in [0.1, 0.15) is 12.1 Å². The second kappa shape index (κ2) is 7.99. The minimum atomic E-state index is -0.856. The third-order valence-corrected chi connectivity index (χ3v) is 5.85. The zero-order chi connectivity index (χ0) is 19.8. The van der Waals surface area contributed by atoms with Gasteiger partial charge in [0, 0.05) is 0 Å². The summed E-state index contributed by atoms with van der Waals surface area (Å²) in [6.45, 7) is 6.30. The molecule has 0 atom stereocenters. The van der Waals surface area contributed by atoms with E-state index in [4.69, 9.17) is 5.73 Å². The third kappa shape index (κ3) is 4.24. The highest BCUT2D eigenvalue weighted by Crippen LogP contribution is 2.43. The largest absolute Gasteiger partial charge is 0.397 e. The van der Waals surface area contributed by atoms with Gasteiger partial charge in [0.2, 0.25) is 5.91 Å². The van der Waals surface area contributed by atoms with Crippen LogP contribution in [0.2, 0.25) is 0 Å². The Labute approximate surface area is 171 Å². The number of halogens is 1. The highest BCUT2D eigenvalue weighted by Gasteiger charge is 2.53. The molecule has 1 spiro atoms. The number of anilines is 2. The number of amides is 4. The fourth-order valence-corrected chi connectivity index (χ4v) is 4.08. The summed E-state index contributed by atoms with van der Waals surface area (Å²) in [5, 5.41) is 5.51. The molecule has 7 nitrogen and oxygen atoms in total. The van der Waals surface area contributed by atoms with Gasteiger partial charge in [-0.05, 0) is 49.1 Å². The van der Waals surface area contributed by atoms with Crippen molar-refractivity contribution in [2.45, 2.75) is 52.0 Å². The first kappa shape index (κ1) is 22.0. The van der Waals surface area contributed by atoms with Crippen LogP contribution in [0, 0.1) is 11.3 Å². The van der Waals surface area contributed by atoms with Crippen LogP contribution in [-0.4, -0.2) is 34.8 Å². The minimum absolute atomic E-state index is 0. The van der Waals surface area contributed by atoms with Crippen LogP contribution in [0.15, 0.2) is 24.3 Å². The van der Waals surface area contributed by atoms with Crippen LogP contribution in [0.1, 0.15) is 46.5 Å². The Morgan fingerprint density at radius 3 is 2.43 bits per heavy atom. The highest BCUT2D eigenvalue weighted by molar-refractivity contribution is 6.10. The van der Waals surface area contributed by atoms with Gasteiger partial charge in [-0.15, -0.1) is 12.4 Å². The standard InChI is InChI=1S/C20H28N4O3.ClH/c1-19(2,3)13-8-10-20(11-9-13)17(26)24(18(27)23-20)12-16(25)22-15-7-5-4-6-14(15)21;/h4-7,13H,8-12,21H2,1-3H3,(H,22,25)(H,23,27);1H. The van der Waals surface area contributed by atoms with Gasteiger partial charge in [-0.2, -0.15) is 0 Å². The number of hydrogen-bond acceptors (Lipinski definition) is 4. The van der Waals surface area contributed by atoms with Gasteiger partial charge in [0.15, 0.2) is 0 Å². The maximum atomic E-state index is 12.9. The molecule has 2 aliphatic rings. The quantitative estimate of drug-likeness (QED) is 0.527. The molecule has 2 fully saturated rings. The first-order chi connectivity index (χ1) is 12.6. The summed E-state index contributed by atoms with van der Waals surface area (Å²) in [6.07, 6.45) is 3.00. The maximum absolute atomic E-state index is 12.9. The molecule has 8 heteroatoms. The number of nitrogens with two attached hydrogens (primary N) is 1. The Morgan fingerprint density at radius 2 is 1.86 bits per heavy atom. The zero-order valence-electron chi connectivity index (χ0n) is 16.6. The van der Waals surface area contributed by atoms with E-state index < -0.39 is 17.5 Å². The molecule has 28 heavy (non-hydrogen) atoms. The molecular weight excluding hydrogens is 380 g/mol. The summed E-state index contributed by atoms with van der Waals surface area (Å²) in [5.74, 6) is -0.223. The van der Waals surface area contributed by atoms with Crippen molar-refractivity contribution in [2.24, 2.45) is 11.3 Å². The number of hydrogen-bond donors (Lipinski definition) is 3. The number of rotatable bonds is 3. The first-order valence-corrected chi connectivity index (χ1v) is 9.41. The molecule has 0 radical (unpaired) electrons. The lowest BCUT2D eigenvalue weighted by atomic mass is 9.67. The van der Waals surface area contributed by atoms with Crippen molar-refractivity contribution in [3.05, 3.63) is 24.3 Å². The molecule has 1 saturated heterocycles. The molecule has 154 valence electrons. The molecule has 1 heterocycles. The number of nitrogens with one attached hydrogen (secondary N) is 2. The van der Waals surface area contributed by atoms with Gasteiger partial charge in [-0.1, -0.05) is 32.9 Å². The number of nitrogens with zero attached hydrogens (tertiary/aromatic N) is 1. The van der Waals surface area contributed by atoms with Crippen LogP contribution in [0.4, 0.5) is 16.2 Å². The number of nitrogen functional groups attached to an aromatic ring is 1. The van der Waals surface area contributed by atoms with Crippen LogP contribution < -0.4 is 16.4 Å². The average Bonchev–Trinajstić information content (AvgIpc) is 2.81. The summed E-state index contributed by atoms with van der Waals surface area (Å²) in [6, 6.07) is 6.37. The smallest absolute Gasteiger partial charge is 0.325 e. The predicted molar refractivity (Wildman–Crippen MR) is 111 cm³/mol. The topological polar surface area (TPSA) is 105 Å². The van der Waals surface area contributed by atoms with Crippen LogP contribution in [-0.2, 0) is 9.59 Å². The fourth-order valence-electron chi connectivity index (χ4n) is 4.08. The van der Waals surface area contributed by atoms with Crippen LogP contribution in [0.25, 0.3) is 0 Å². The lowest BCUT2D eigenvalue weighted by molar-refractivity contribution is -0.135. The summed E-state index contributed by atoms with van der Waals surface area (Å²) in [4.78, 5) is 38.7. The van der Waals surface area contributed by atoms with Crippen molar-refractivity contribution in [1.82, 2.24) is 10.2 Å². The molecule has 0 aromatic heterocycles. The summed E-state index contributed by atoms with van der Waals surface area (Å²) < 4.78 is 0. The van der Waals surface area contributed by atoms with Gasteiger partial charge < -0.3 is 16.4 Å². The van der Waals surface area contributed by atoms with Crippen molar-refractivity contribution in [3.8, 4) is 0 Å². The molecule has 1 aromatic rings. The first-order valence-electron chi connectivity index (χ1n) is 9.41. The molecule has 0 unspecified atom stereocenters. The van der Waals surface area contributed by atoms with Crippen molar-refractivity contribution < 1.29 is 14.4 Å². The lowest BCUT2D eigenvalue weighted by Crippen LogP contribution is -2.51. The van der Waals surface area contributed by atoms with E-state index in [-0.39, 0.29) is 30.3 Å². The number of benzene rings is 1. The summed E-state index contributed by atoms with van der Waals surface area (Å²) in [7, 11) is 0. The van der Waals surface area contributed by atoms with E-state index in [0.29, 0.717) is 30.1 Å². The Kier molecular flexibility index (Phi) is 6.28. The van der Waals surface area contributed by atoms with Gasteiger partial charge in [0.05, 0.1) is 11.4 Å². The lowest BCUT2D eigenvalue weighted by Gasteiger charge is -2.40. The van der Waals surface area contributed by atoms with Crippen LogP contribution in [0.3, 0.4) is 0 Å². The van der Waals surface area contributed by atoms with Crippen molar-refractivity contribution in [1.29, 1.82) is 0 Å². The molecule has 1 aromatic carbocycles. The Balaban J connectivity index is 0.00000280. The highest BCUT2D eigenvalue weighted by atomic mass is 35.5. The van der Waals surface area contributed by atoms with E-state index in [1.165, 1.54) is 0 Å². The van der Waals surface area contributed by atoms with Gasteiger partial charge >= 0.3 is 6.03 Å². The molecule has 1 saturated carbocycles. The fraction of sp³-hybridized carbons (Fsp3) is 0.550. The third-order valence-electron chi connectivity index (χ3n) is 5.85. The van der Waals surface area contributed by atoms with E-state index in [0.717, 1.165) is 17.7 Å². The second-order valence-electron chi connectivity index (χ2n) is 8.68. The van der Waals surface area contributed by atoms with E-state index in [9.17, 15) is 14.4 Å². The Hall–Kier alpha value is -2.28. The molecule has 4 amide bonds. The van der Waals surface area contributed by atoms with Crippen molar-refractivity contribution in [3.63, 3.8) is 0 Å². The second-order valence-corrected chi connectivity index (χ2v) is 8.68. The summed E-state index contributed by atoms with van der Waals surface area (Å²) >= 11 is 0. The average molecular weight is 409 g/mol. The van der Waals surface area contributed by atoms with Crippen molar-refractivity contribution in [2.75, 3.05) is 17.6 Å². The minimum Gasteiger partial charge on any atom is -0.397 e. The van der Waals surface area contributed by atoms with E-state index in [2.05, 4.69) is 31.4 Å². The predicted octanol–water partition coefficient (Wildman–Crippen LogP) is 3.16. The molecule has 1 aliphatic carbocycles. The zero-order valence-corrected chi connectivity index (χ0v) is 17.4. The molecule has 0 bridgehead atoms. The summed E-state index contributed by atoms with van der Waals surface area (Å²) in [5.41, 5.74) is 6.04. The van der Waals surface area contributed by atoms with E-state index in [1.54, 1.807) is 24.3 Å². The number of urea groups is 1. The van der Waals surface area contributed by atoms with Crippen molar-refractivity contribution >= 4 is 41.6 Å². The van der Waals surface area contributed by atoms with Crippen LogP contribution in [0.5, 0.6) is 0 Å². The van der Waals surface area contributed by atoms with E-state index >= 15 is 0 Å². The normalized spacial score (nSPS) is 24.7. The Morgan fingerprint density at radius 1 is 1.25 bits per heavy atom. The van der Waals surface area contributed by atoms with Gasteiger partial charge in [-0.25, -0.2) is 4.79 Å². The van der Waals surface area contributed by atoms with Crippen LogP contribution >= 0.6 is 12.4 Å². The molecule has 1 aliphatic heterocycles. The maximum Gasteiger partial charge on any atom is 0.325 e. The Bertz CT molecular complexity index is 767. The number of para-hydroxylation sites is 2. The van der Waals surface area contributed by atoms with E-state index in [1.807, 2.05) is 0 Å². The molecule has 3 rings (SSSR count). The number of imide groups is 1. The monoisotopic (exact) mass is 408 g/mol.